The summed E-state index contributed by atoms with van der Waals surface area (Å²) in [5.74, 6) is -0.0582. The molecule has 0 aliphatic rings. The molecule has 0 saturated heterocycles. The second-order valence-corrected chi connectivity index (χ2v) is 3.80. The molecule has 0 aliphatic heterocycles. The highest BCUT2D eigenvalue weighted by atomic mass is 16.3. The van der Waals surface area contributed by atoms with Crippen molar-refractivity contribution in [3.63, 3.8) is 0 Å². The number of nitrogen functional groups attached to an aromatic ring is 1. The summed E-state index contributed by atoms with van der Waals surface area (Å²) in [5, 5.41) is 12.5. The van der Waals surface area contributed by atoms with Crippen LogP contribution >= 0.6 is 0 Å². The van der Waals surface area contributed by atoms with Crippen LogP contribution in [0.5, 0.6) is 0 Å². The van der Waals surface area contributed by atoms with Gasteiger partial charge in [-0.25, -0.2) is 0 Å². The Morgan fingerprint density at radius 1 is 1.56 bits per heavy atom. The van der Waals surface area contributed by atoms with Crippen molar-refractivity contribution in [1.29, 1.82) is 0 Å². The molecule has 0 aliphatic carbocycles. The predicted molar refractivity (Wildman–Crippen MR) is 65.6 cm³/mol. The van der Waals surface area contributed by atoms with Crippen LogP contribution in [0.1, 0.15) is 30.6 Å². The Bertz CT molecular complexity index is 377. The average Bonchev–Trinajstić information content (AvgIpc) is 2.27. The largest absolute Gasteiger partial charge is 0.398 e. The molecule has 0 amide bonds. The number of nitrogens with two attached hydrogens (primary N) is 1. The van der Waals surface area contributed by atoms with E-state index >= 15 is 0 Å². The molecule has 0 radical (unpaired) electrons. The molecule has 4 nitrogen and oxygen atoms in total. The Morgan fingerprint density at radius 2 is 2.25 bits per heavy atom. The number of aliphatic hydroxyl groups is 1. The maximum atomic E-state index is 11.3. The fourth-order valence-corrected chi connectivity index (χ4v) is 1.35. The highest BCUT2D eigenvalue weighted by Crippen LogP contribution is 2.18. The molecule has 4 N–H and O–H groups in total. The van der Waals surface area contributed by atoms with Crippen molar-refractivity contribution in [3.8, 4) is 0 Å². The molecule has 4 heteroatoms. The number of Topliss-reactive ketones (excluding diaryl/α,β-unsaturated/α-hetero) is 1. The lowest BCUT2D eigenvalue weighted by Gasteiger charge is -2.12. The van der Waals surface area contributed by atoms with Crippen LogP contribution in [0.2, 0.25) is 0 Å². The number of carbonyl (C=O) groups excluding carboxylic acids is 1. The molecule has 16 heavy (non-hydrogen) atoms. The summed E-state index contributed by atoms with van der Waals surface area (Å²) < 4.78 is 0. The fourth-order valence-electron chi connectivity index (χ4n) is 1.35. The zero-order chi connectivity index (χ0) is 12.1. The molecule has 0 aromatic heterocycles. The van der Waals surface area contributed by atoms with E-state index in [2.05, 4.69) is 5.32 Å². The summed E-state index contributed by atoms with van der Waals surface area (Å²) in [7, 11) is 0. The van der Waals surface area contributed by atoms with Crippen LogP contribution in [0.25, 0.3) is 0 Å². The van der Waals surface area contributed by atoms with Crippen molar-refractivity contribution in [1.82, 2.24) is 0 Å². The third-order valence-corrected chi connectivity index (χ3v) is 2.45. The molecule has 0 fully saturated rings. The van der Waals surface area contributed by atoms with E-state index in [1.807, 2.05) is 6.92 Å². The van der Waals surface area contributed by atoms with Gasteiger partial charge in [-0.2, -0.15) is 0 Å². The van der Waals surface area contributed by atoms with Crippen LogP contribution < -0.4 is 11.1 Å². The number of hydrogen-bond acceptors (Lipinski definition) is 4. The maximum absolute atomic E-state index is 11.3. The second-order valence-electron chi connectivity index (χ2n) is 3.80. The summed E-state index contributed by atoms with van der Waals surface area (Å²) in [5.41, 5.74) is 7.46. The van der Waals surface area contributed by atoms with Gasteiger partial charge in [-0.1, -0.05) is 6.92 Å². The van der Waals surface area contributed by atoms with Crippen LogP contribution in [0.15, 0.2) is 18.2 Å². The second kappa shape index (κ2) is 5.51. The van der Waals surface area contributed by atoms with E-state index in [1.54, 1.807) is 18.2 Å². The Balaban J connectivity index is 2.75. The highest BCUT2D eigenvalue weighted by molar-refractivity contribution is 5.99. The van der Waals surface area contributed by atoms with Gasteiger partial charge in [-0.15, -0.1) is 0 Å². The van der Waals surface area contributed by atoms with Gasteiger partial charge in [-0.3, -0.25) is 4.79 Å². The van der Waals surface area contributed by atoms with E-state index in [0.29, 0.717) is 24.2 Å². The van der Waals surface area contributed by atoms with Gasteiger partial charge in [0.05, 0.1) is 6.10 Å². The smallest absolute Gasteiger partial charge is 0.161 e. The first-order valence-electron chi connectivity index (χ1n) is 5.37. The zero-order valence-corrected chi connectivity index (χ0v) is 9.66. The predicted octanol–water partition coefficient (Wildman–Crippen LogP) is 1.65. The van der Waals surface area contributed by atoms with Crippen LogP contribution in [-0.2, 0) is 0 Å². The number of nitrogens with one attached hydrogen (secondary N) is 1. The van der Waals surface area contributed by atoms with Gasteiger partial charge >= 0.3 is 0 Å². The Kier molecular flexibility index (Phi) is 4.31. The lowest BCUT2D eigenvalue weighted by atomic mass is 10.1. The number of ketones is 1. The highest BCUT2D eigenvalue weighted by Gasteiger charge is 2.06. The van der Waals surface area contributed by atoms with Gasteiger partial charge in [0, 0.05) is 23.5 Å². The summed E-state index contributed by atoms with van der Waals surface area (Å²) in [6.07, 6.45) is 0.319. The van der Waals surface area contributed by atoms with Crippen molar-refractivity contribution >= 4 is 17.2 Å². The lowest BCUT2D eigenvalue weighted by Crippen LogP contribution is -2.18. The summed E-state index contributed by atoms with van der Waals surface area (Å²) in [6, 6.07) is 5.20. The van der Waals surface area contributed by atoms with Crippen LogP contribution in [0, 0.1) is 0 Å². The van der Waals surface area contributed by atoms with Gasteiger partial charge < -0.3 is 16.2 Å². The molecular weight excluding hydrogens is 204 g/mol. The molecule has 1 unspecified atom stereocenters. The minimum atomic E-state index is -0.377. The number of carbonyl (C=O) groups is 1. The quantitative estimate of drug-likeness (QED) is 0.523. The third kappa shape index (κ3) is 3.24. The number of aliphatic hydroxyl groups excluding tert-OH is 1. The molecular formula is C12H18N2O2. The average molecular weight is 222 g/mol. The molecule has 0 saturated carbocycles. The van der Waals surface area contributed by atoms with Gasteiger partial charge in [-0.05, 0) is 31.5 Å². The molecule has 1 rings (SSSR count). The van der Waals surface area contributed by atoms with Gasteiger partial charge in [0.1, 0.15) is 0 Å². The van der Waals surface area contributed by atoms with Crippen molar-refractivity contribution in [2.45, 2.75) is 26.4 Å². The van der Waals surface area contributed by atoms with Crippen molar-refractivity contribution < 1.29 is 9.90 Å². The Morgan fingerprint density at radius 3 is 2.81 bits per heavy atom. The topological polar surface area (TPSA) is 75.3 Å². The lowest BCUT2D eigenvalue weighted by molar-refractivity contribution is 0.101. The number of anilines is 2. The van der Waals surface area contributed by atoms with E-state index in [4.69, 9.17) is 5.73 Å². The number of rotatable bonds is 5. The minimum absolute atomic E-state index is 0.0582. The molecule has 0 spiro atoms. The van der Waals surface area contributed by atoms with Gasteiger partial charge in [0.25, 0.3) is 0 Å². The summed E-state index contributed by atoms with van der Waals surface area (Å²) in [4.78, 5) is 11.3. The maximum Gasteiger partial charge on any atom is 0.161 e. The first-order valence-corrected chi connectivity index (χ1v) is 5.37. The molecule has 1 atom stereocenters. The monoisotopic (exact) mass is 222 g/mol. The normalized spacial score (nSPS) is 12.2. The van der Waals surface area contributed by atoms with Crippen LogP contribution in [0.4, 0.5) is 11.4 Å². The number of hydrogen-bond donors (Lipinski definition) is 3. The van der Waals surface area contributed by atoms with E-state index < -0.39 is 0 Å². The molecule has 0 heterocycles. The first-order chi connectivity index (χ1) is 7.54. The van der Waals surface area contributed by atoms with Gasteiger partial charge in [0.15, 0.2) is 5.78 Å². The SMILES string of the molecule is CCC(O)CNc1ccc(N)c(C(C)=O)c1. The van der Waals surface area contributed by atoms with Crippen molar-refractivity contribution in [3.05, 3.63) is 23.8 Å². The van der Waals surface area contributed by atoms with Crippen LogP contribution in [0.3, 0.4) is 0 Å². The molecule has 1 aromatic rings. The minimum Gasteiger partial charge on any atom is -0.398 e. The first kappa shape index (κ1) is 12.5. The van der Waals surface area contributed by atoms with Crippen molar-refractivity contribution in [2.24, 2.45) is 0 Å². The van der Waals surface area contributed by atoms with E-state index in [0.717, 1.165) is 5.69 Å². The van der Waals surface area contributed by atoms with E-state index in [9.17, 15) is 9.90 Å². The van der Waals surface area contributed by atoms with Gasteiger partial charge in [0.2, 0.25) is 0 Å². The van der Waals surface area contributed by atoms with E-state index in [1.165, 1.54) is 6.92 Å². The standard InChI is InChI=1S/C12H18N2O2/c1-3-10(16)7-14-9-4-5-12(13)11(6-9)8(2)15/h4-6,10,14,16H,3,7,13H2,1-2H3. The van der Waals surface area contributed by atoms with Crippen molar-refractivity contribution in [2.75, 3.05) is 17.6 Å². The molecule has 1 aromatic carbocycles. The Hall–Kier alpha value is -1.55. The summed E-state index contributed by atoms with van der Waals surface area (Å²) >= 11 is 0. The molecule has 0 bridgehead atoms. The third-order valence-electron chi connectivity index (χ3n) is 2.45. The zero-order valence-electron chi connectivity index (χ0n) is 9.66. The van der Waals surface area contributed by atoms with Crippen LogP contribution in [-0.4, -0.2) is 23.5 Å². The fraction of sp³-hybridized carbons (Fsp3) is 0.417. The number of benzene rings is 1. The summed E-state index contributed by atoms with van der Waals surface area (Å²) in [6.45, 7) is 3.87. The van der Waals surface area contributed by atoms with E-state index in [-0.39, 0.29) is 11.9 Å². The molecule has 88 valence electrons. The Labute approximate surface area is 95.5 Å².